The van der Waals surface area contributed by atoms with E-state index in [1.807, 2.05) is 29.6 Å². The molecule has 0 amide bonds. The number of methoxy groups -OCH3 is 2. The van der Waals surface area contributed by atoms with Crippen LogP contribution in [-0.4, -0.2) is 14.2 Å². The Morgan fingerprint density at radius 2 is 2.05 bits per heavy atom. The van der Waals surface area contributed by atoms with Gasteiger partial charge in [-0.15, -0.1) is 11.3 Å². The number of hydrazine groups is 1. The summed E-state index contributed by atoms with van der Waals surface area (Å²) < 4.78 is 11.7. The highest BCUT2D eigenvalue weighted by Crippen LogP contribution is 2.35. The molecule has 0 saturated heterocycles. The fourth-order valence-corrected chi connectivity index (χ4v) is 3.38. The monoisotopic (exact) mass is 342 g/mol. The average Bonchev–Trinajstić information content (AvgIpc) is 2.86. The molecule has 0 bridgehead atoms. The number of thiophene rings is 1. The van der Waals surface area contributed by atoms with Crippen molar-refractivity contribution in [3.05, 3.63) is 44.6 Å². The number of hydrogen-bond donors (Lipinski definition) is 2. The molecule has 0 aliphatic rings. The predicted molar refractivity (Wildman–Crippen MR) is 80.7 cm³/mol. The third kappa shape index (κ3) is 3.09. The van der Waals surface area contributed by atoms with Gasteiger partial charge in [0.2, 0.25) is 0 Å². The van der Waals surface area contributed by atoms with Gasteiger partial charge >= 0.3 is 0 Å². The van der Waals surface area contributed by atoms with Gasteiger partial charge < -0.3 is 9.47 Å². The van der Waals surface area contributed by atoms with E-state index >= 15 is 0 Å². The number of nitrogens with one attached hydrogen (secondary N) is 1. The van der Waals surface area contributed by atoms with Crippen LogP contribution in [-0.2, 0) is 0 Å². The molecule has 4 nitrogen and oxygen atoms in total. The van der Waals surface area contributed by atoms with E-state index in [2.05, 4.69) is 21.4 Å². The van der Waals surface area contributed by atoms with Gasteiger partial charge in [-0.05, 0) is 34.1 Å². The summed E-state index contributed by atoms with van der Waals surface area (Å²) in [6, 6.07) is 7.62. The third-order valence-corrected chi connectivity index (χ3v) is 4.55. The van der Waals surface area contributed by atoms with Crippen molar-refractivity contribution in [3.8, 4) is 11.5 Å². The van der Waals surface area contributed by atoms with Crippen LogP contribution < -0.4 is 20.7 Å². The normalized spacial score (nSPS) is 12.2. The van der Waals surface area contributed by atoms with E-state index in [-0.39, 0.29) is 6.04 Å². The lowest BCUT2D eigenvalue weighted by Gasteiger charge is -2.18. The minimum absolute atomic E-state index is 0.114. The molecular formula is C13H15BrN2O2S. The molecule has 3 N–H and O–H groups in total. The molecule has 6 heteroatoms. The molecular weight excluding hydrogens is 328 g/mol. The Kier molecular flexibility index (Phi) is 4.81. The van der Waals surface area contributed by atoms with Crippen molar-refractivity contribution in [3.63, 3.8) is 0 Å². The third-order valence-electron chi connectivity index (χ3n) is 2.79. The zero-order valence-electron chi connectivity index (χ0n) is 10.6. The van der Waals surface area contributed by atoms with Crippen LogP contribution in [0.2, 0.25) is 0 Å². The lowest BCUT2D eigenvalue weighted by molar-refractivity contribution is 0.388. The molecule has 0 saturated carbocycles. The van der Waals surface area contributed by atoms with Gasteiger partial charge in [-0.1, -0.05) is 0 Å². The average molecular weight is 343 g/mol. The van der Waals surface area contributed by atoms with Gasteiger partial charge in [0.25, 0.3) is 0 Å². The van der Waals surface area contributed by atoms with Crippen LogP contribution in [0.25, 0.3) is 0 Å². The zero-order chi connectivity index (χ0) is 13.8. The van der Waals surface area contributed by atoms with Gasteiger partial charge in [0, 0.05) is 26.4 Å². The van der Waals surface area contributed by atoms with Crippen LogP contribution in [0.15, 0.2) is 34.1 Å². The van der Waals surface area contributed by atoms with Crippen LogP contribution >= 0.6 is 27.3 Å². The Hall–Kier alpha value is -1.08. The lowest BCUT2D eigenvalue weighted by Crippen LogP contribution is -2.28. The SMILES string of the molecule is COc1ccc(C(NN)c2cc(Br)cs2)c(OC)c1. The lowest BCUT2D eigenvalue weighted by atomic mass is 10.0. The minimum atomic E-state index is -0.114. The number of nitrogens with two attached hydrogens (primary N) is 1. The molecule has 1 heterocycles. The highest BCUT2D eigenvalue weighted by molar-refractivity contribution is 9.10. The summed E-state index contributed by atoms with van der Waals surface area (Å²) >= 11 is 5.08. The van der Waals surface area contributed by atoms with Gasteiger partial charge in [0.15, 0.2) is 0 Å². The Morgan fingerprint density at radius 3 is 2.58 bits per heavy atom. The van der Waals surface area contributed by atoms with Gasteiger partial charge in [0.1, 0.15) is 11.5 Å². The number of ether oxygens (including phenoxy) is 2. The summed E-state index contributed by atoms with van der Waals surface area (Å²) in [6.07, 6.45) is 0. The van der Waals surface area contributed by atoms with Crippen LogP contribution in [0, 0.1) is 0 Å². The molecule has 0 fully saturated rings. The number of benzene rings is 1. The van der Waals surface area contributed by atoms with Crippen molar-refractivity contribution in [1.29, 1.82) is 0 Å². The maximum atomic E-state index is 5.69. The summed E-state index contributed by atoms with van der Waals surface area (Å²) in [5.41, 5.74) is 3.80. The van der Waals surface area contributed by atoms with E-state index in [4.69, 9.17) is 15.3 Å². The standard InChI is InChI=1S/C13H15BrN2O2S/c1-17-9-3-4-10(11(6-9)18-2)13(16-15)12-5-8(14)7-19-12/h3-7,13,16H,15H2,1-2H3. The van der Waals surface area contributed by atoms with Crippen molar-refractivity contribution in [1.82, 2.24) is 5.43 Å². The molecule has 2 aromatic rings. The summed E-state index contributed by atoms with van der Waals surface area (Å²) in [5, 5.41) is 2.02. The number of halogens is 1. The maximum absolute atomic E-state index is 5.69. The first-order valence-electron chi connectivity index (χ1n) is 5.61. The van der Waals surface area contributed by atoms with Crippen LogP contribution in [0.5, 0.6) is 11.5 Å². The van der Waals surface area contributed by atoms with Gasteiger partial charge in [-0.25, -0.2) is 5.43 Å². The molecule has 0 spiro atoms. The fraction of sp³-hybridized carbons (Fsp3) is 0.231. The smallest absolute Gasteiger partial charge is 0.127 e. The molecule has 0 aliphatic heterocycles. The zero-order valence-corrected chi connectivity index (χ0v) is 13.0. The molecule has 102 valence electrons. The van der Waals surface area contributed by atoms with Gasteiger partial charge in [-0.3, -0.25) is 5.84 Å². The largest absolute Gasteiger partial charge is 0.497 e. The second kappa shape index (κ2) is 6.38. The second-order valence-electron chi connectivity index (χ2n) is 3.87. The molecule has 1 aromatic heterocycles. The first kappa shape index (κ1) is 14.3. The van der Waals surface area contributed by atoms with Crippen molar-refractivity contribution in [2.45, 2.75) is 6.04 Å². The molecule has 1 aromatic carbocycles. The van der Waals surface area contributed by atoms with E-state index in [0.717, 1.165) is 26.4 Å². The first-order chi connectivity index (χ1) is 9.19. The highest BCUT2D eigenvalue weighted by atomic mass is 79.9. The van der Waals surface area contributed by atoms with E-state index in [0.29, 0.717) is 0 Å². The summed E-state index contributed by atoms with van der Waals surface area (Å²) in [5.74, 6) is 7.19. The molecule has 1 atom stereocenters. The van der Waals surface area contributed by atoms with Crippen LogP contribution in [0.3, 0.4) is 0 Å². The predicted octanol–water partition coefficient (Wildman–Crippen LogP) is 3.08. The van der Waals surface area contributed by atoms with Crippen molar-refractivity contribution < 1.29 is 9.47 Å². The Labute approximate surface area is 124 Å². The van der Waals surface area contributed by atoms with Crippen molar-refractivity contribution >= 4 is 27.3 Å². The van der Waals surface area contributed by atoms with Gasteiger partial charge in [0.05, 0.1) is 20.3 Å². The molecule has 19 heavy (non-hydrogen) atoms. The first-order valence-corrected chi connectivity index (χ1v) is 7.28. The van der Waals surface area contributed by atoms with Crippen molar-refractivity contribution in [2.75, 3.05) is 14.2 Å². The van der Waals surface area contributed by atoms with E-state index in [1.54, 1.807) is 25.6 Å². The quantitative estimate of drug-likeness (QED) is 0.647. The Morgan fingerprint density at radius 1 is 1.26 bits per heavy atom. The highest BCUT2D eigenvalue weighted by Gasteiger charge is 2.19. The topological polar surface area (TPSA) is 56.5 Å². The van der Waals surface area contributed by atoms with Gasteiger partial charge in [-0.2, -0.15) is 0 Å². The van der Waals surface area contributed by atoms with Crippen LogP contribution in [0.4, 0.5) is 0 Å². The Bertz CT molecular complexity index is 559. The number of hydrogen-bond acceptors (Lipinski definition) is 5. The summed E-state index contributed by atoms with van der Waals surface area (Å²) in [6.45, 7) is 0. The molecule has 0 aliphatic carbocycles. The number of rotatable bonds is 5. The second-order valence-corrected chi connectivity index (χ2v) is 5.73. The molecule has 0 radical (unpaired) electrons. The van der Waals surface area contributed by atoms with E-state index in [1.165, 1.54) is 0 Å². The van der Waals surface area contributed by atoms with Crippen molar-refractivity contribution in [2.24, 2.45) is 5.84 Å². The van der Waals surface area contributed by atoms with E-state index in [9.17, 15) is 0 Å². The fourth-order valence-electron chi connectivity index (χ4n) is 1.86. The van der Waals surface area contributed by atoms with Crippen LogP contribution in [0.1, 0.15) is 16.5 Å². The summed E-state index contributed by atoms with van der Waals surface area (Å²) in [7, 11) is 3.26. The summed E-state index contributed by atoms with van der Waals surface area (Å²) in [4.78, 5) is 1.11. The Balaban J connectivity index is 2.43. The maximum Gasteiger partial charge on any atom is 0.127 e. The van der Waals surface area contributed by atoms with E-state index < -0.39 is 0 Å². The minimum Gasteiger partial charge on any atom is -0.497 e. The molecule has 1 unspecified atom stereocenters. The molecule has 2 rings (SSSR count).